The van der Waals surface area contributed by atoms with Crippen LogP contribution in [0.1, 0.15) is 34.8 Å². The summed E-state index contributed by atoms with van der Waals surface area (Å²) in [4.78, 5) is 0. The van der Waals surface area contributed by atoms with Gasteiger partial charge in [0.1, 0.15) is 10.7 Å². The third kappa shape index (κ3) is 2.98. The minimum Gasteiger partial charge on any atom is -0.386 e. The van der Waals surface area contributed by atoms with Gasteiger partial charge in [0.15, 0.2) is 0 Å². The maximum absolute atomic E-state index is 12.1. The lowest BCUT2D eigenvalue weighted by atomic mass is 9.96. The van der Waals surface area contributed by atoms with Gasteiger partial charge in [-0.1, -0.05) is 17.7 Å². The van der Waals surface area contributed by atoms with Crippen LogP contribution in [0.15, 0.2) is 12.1 Å². The predicted octanol–water partition coefficient (Wildman–Crippen LogP) is 1.87. The average Bonchev–Trinajstić information content (AvgIpc) is 2.26. The SMILES string of the molecule is Cc1cc(C)c([C@@H](O)C2S(=O)CCCS2=O)c(C)c1. The molecule has 2 rings (SSSR count). The lowest BCUT2D eigenvalue weighted by molar-refractivity contribution is 0.191. The van der Waals surface area contributed by atoms with E-state index in [4.69, 9.17) is 0 Å². The van der Waals surface area contributed by atoms with E-state index in [-0.39, 0.29) is 0 Å². The molecule has 1 heterocycles. The van der Waals surface area contributed by atoms with Crippen molar-refractivity contribution in [2.45, 2.75) is 37.9 Å². The Kier molecular flexibility index (Phi) is 4.58. The van der Waals surface area contributed by atoms with Crippen molar-refractivity contribution in [3.05, 3.63) is 34.4 Å². The Morgan fingerprint density at radius 2 is 1.58 bits per heavy atom. The van der Waals surface area contributed by atoms with Gasteiger partial charge in [-0.05, 0) is 43.9 Å². The zero-order chi connectivity index (χ0) is 14.2. The van der Waals surface area contributed by atoms with Crippen LogP contribution in [0.4, 0.5) is 0 Å². The van der Waals surface area contributed by atoms with Crippen molar-refractivity contribution in [1.82, 2.24) is 0 Å². The molecule has 106 valence electrons. The van der Waals surface area contributed by atoms with E-state index in [1.54, 1.807) is 0 Å². The van der Waals surface area contributed by atoms with Gasteiger partial charge in [-0.3, -0.25) is 8.42 Å². The zero-order valence-corrected chi connectivity index (χ0v) is 13.1. The summed E-state index contributed by atoms with van der Waals surface area (Å²) in [6.07, 6.45) is -0.184. The molecule has 1 saturated heterocycles. The van der Waals surface area contributed by atoms with E-state index >= 15 is 0 Å². The van der Waals surface area contributed by atoms with E-state index in [1.165, 1.54) is 0 Å². The second-order valence-electron chi connectivity index (χ2n) is 5.15. The highest BCUT2D eigenvalue weighted by Gasteiger charge is 2.36. The number of hydrogen-bond acceptors (Lipinski definition) is 3. The number of aliphatic hydroxyl groups excluding tert-OH is 1. The molecule has 0 amide bonds. The van der Waals surface area contributed by atoms with E-state index < -0.39 is 32.3 Å². The molecular formula is C14H20O3S2. The zero-order valence-electron chi connectivity index (χ0n) is 11.5. The van der Waals surface area contributed by atoms with Crippen LogP contribution in [0.3, 0.4) is 0 Å². The van der Waals surface area contributed by atoms with Crippen molar-refractivity contribution in [3.8, 4) is 0 Å². The maximum atomic E-state index is 12.1. The van der Waals surface area contributed by atoms with E-state index in [2.05, 4.69) is 0 Å². The molecule has 1 fully saturated rings. The van der Waals surface area contributed by atoms with Gasteiger partial charge >= 0.3 is 0 Å². The minimum absolute atomic E-state index is 0.539. The third-order valence-electron chi connectivity index (χ3n) is 3.50. The van der Waals surface area contributed by atoms with Gasteiger partial charge in [0.2, 0.25) is 0 Å². The minimum atomic E-state index is -1.21. The fraction of sp³-hybridized carbons (Fsp3) is 0.571. The average molecular weight is 300 g/mol. The Morgan fingerprint density at radius 1 is 1.11 bits per heavy atom. The quantitative estimate of drug-likeness (QED) is 0.907. The summed E-state index contributed by atoms with van der Waals surface area (Å²) in [7, 11) is -2.42. The van der Waals surface area contributed by atoms with Crippen molar-refractivity contribution >= 4 is 21.6 Å². The van der Waals surface area contributed by atoms with Crippen LogP contribution in [0.5, 0.6) is 0 Å². The van der Waals surface area contributed by atoms with Gasteiger partial charge in [-0.25, -0.2) is 0 Å². The van der Waals surface area contributed by atoms with Crippen molar-refractivity contribution in [2.75, 3.05) is 11.5 Å². The van der Waals surface area contributed by atoms with Crippen LogP contribution in [-0.2, 0) is 21.6 Å². The smallest absolute Gasteiger partial charge is 0.140 e. The topological polar surface area (TPSA) is 54.4 Å². The van der Waals surface area contributed by atoms with Crippen LogP contribution in [0, 0.1) is 20.8 Å². The van der Waals surface area contributed by atoms with E-state index in [1.807, 2.05) is 32.9 Å². The summed E-state index contributed by atoms with van der Waals surface area (Å²) in [5.41, 5.74) is 3.88. The first-order chi connectivity index (χ1) is 8.91. The Labute approximate surface area is 119 Å². The van der Waals surface area contributed by atoms with Crippen LogP contribution in [-0.4, -0.2) is 29.6 Å². The van der Waals surface area contributed by atoms with Gasteiger partial charge in [0, 0.05) is 33.1 Å². The maximum Gasteiger partial charge on any atom is 0.140 e. The van der Waals surface area contributed by atoms with Gasteiger partial charge in [-0.2, -0.15) is 0 Å². The monoisotopic (exact) mass is 300 g/mol. The van der Waals surface area contributed by atoms with Gasteiger partial charge in [0.05, 0.1) is 0 Å². The molecule has 0 radical (unpaired) electrons. The van der Waals surface area contributed by atoms with Gasteiger partial charge in [-0.15, -0.1) is 0 Å². The first-order valence-corrected chi connectivity index (χ1v) is 9.18. The molecule has 5 heteroatoms. The summed E-state index contributed by atoms with van der Waals surface area (Å²) < 4.78 is 23.5. The van der Waals surface area contributed by atoms with Gasteiger partial charge in [0.25, 0.3) is 0 Å². The molecule has 3 atom stereocenters. The van der Waals surface area contributed by atoms with Crippen LogP contribution < -0.4 is 0 Å². The number of aliphatic hydroxyl groups is 1. The molecule has 0 saturated carbocycles. The standard InChI is InChI=1S/C14H20O3S2/c1-9-7-10(2)12(11(3)8-9)13(15)14-18(16)5-4-6-19(14)17/h7-8,13-15H,4-6H2,1-3H3/t13-,14?,18?,19?/m1/s1. The molecule has 1 aromatic carbocycles. The summed E-state index contributed by atoms with van der Waals surface area (Å²) in [6, 6.07) is 4.00. The highest BCUT2D eigenvalue weighted by molar-refractivity contribution is 8.03. The molecule has 2 unspecified atom stereocenters. The summed E-state index contributed by atoms with van der Waals surface area (Å²) in [5.74, 6) is 1.08. The Hall–Kier alpha value is -0.520. The molecule has 0 spiro atoms. The van der Waals surface area contributed by atoms with E-state index in [9.17, 15) is 13.5 Å². The molecule has 0 bridgehead atoms. The molecule has 19 heavy (non-hydrogen) atoms. The number of aryl methyl sites for hydroxylation is 3. The van der Waals surface area contributed by atoms with Crippen molar-refractivity contribution in [3.63, 3.8) is 0 Å². The molecule has 3 nitrogen and oxygen atoms in total. The second-order valence-corrected chi connectivity index (χ2v) is 8.80. The van der Waals surface area contributed by atoms with Crippen molar-refractivity contribution in [2.24, 2.45) is 0 Å². The molecule has 1 aliphatic rings. The summed E-state index contributed by atoms with van der Waals surface area (Å²) in [5, 5.41) is 10.6. The summed E-state index contributed by atoms with van der Waals surface area (Å²) in [6.45, 7) is 5.88. The third-order valence-corrected chi connectivity index (χ3v) is 7.72. The number of hydrogen-bond donors (Lipinski definition) is 1. The fourth-order valence-electron chi connectivity index (χ4n) is 2.78. The van der Waals surface area contributed by atoms with E-state index in [0.717, 1.165) is 22.3 Å². The second kappa shape index (κ2) is 5.85. The highest BCUT2D eigenvalue weighted by Crippen LogP contribution is 2.31. The normalized spacial score (nSPS) is 29.2. The van der Waals surface area contributed by atoms with Crippen molar-refractivity contribution in [1.29, 1.82) is 0 Å². The number of benzene rings is 1. The van der Waals surface area contributed by atoms with Gasteiger partial charge < -0.3 is 5.11 Å². The molecule has 1 aliphatic heterocycles. The van der Waals surface area contributed by atoms with Crippen LogP contribution in [0.25, 0.3) is 0 Å². The molecular weight excluding hydrogens is 280 g/mol. The first kappa shape index (κ1) is 14.9. The summed E-state index contributed by atoms with van der Waals surface area (Å²) >= 11 is 0. The number of rotatable bonds is 2. The Morgan fingerprint density at radius 3 is 2.05 bits per heavy atom. The Balaban J connectivity index is 2.41. The lowest BCUT2D eigenvalue weighted by Gasteiger charge is -2.27. The molecule has 1 N–H and O–H groups in total. The molecule has 0 aliphatic carbocycles. The fourth-order valence-corrected chi connectivity index (χ4v) is 6.66. The van der Waals surface area contributed by atoms with Crippen LogP contribution >= 0.6 is 0 Å². The van der Waals surface area contributed by atoms with Crippen molar-refractivity contribution < 1.29 is 13.5 Å². The molecule has 0 aromatic heterocycles. The predicted molar refractivity (Wildman–Crippen MR) is 80.0 cm³/mol. The van der Waals surface area contributed by atoms with E-state index in [0.29, 0.717) is 17.9 Å². The largest absolute Gasteiger partial charge is 0.386 e. The molecule has 1 aromatic rings. The van der Waals surface area contributed by atoms with Crippen LogP contribution in [0.2, 0.25) is 0 Å². The Bertz CT molecular complexity index is 500. The highest BCUT2D eigenvalue weighted by atomic mass is 32.2. The first-order valence-electron chi connectivity index (χ1n) is 6.42. The lowest BCUT2D eigenvalue weighted by Crippen LogP contribution is -2.36.